The van der Waals surface area contributed by atoms with Gasteiger partial charge in [-0.25, -0.2) is 4.79 Å². The molecule has 15 atom stereocenters. The van der Waals surface area contributed by atoms with E-state index in [9.17, 15) is 50.1 Å². The predicted octanol–water partition coefficient (Wildman–Crippen LogP) is -5.76. The van der Waals surface area contributed by atoms with Gasteiger partial charge in [0.05, 0.1) is 0 Å². The second kappa shape index (κ2) is 12.4. The molecular weight excluding hydrogens is 512 g/mol. The minimum Gasteiger partial charge on any atom is -0.479 e. The first kappa shape index (κ1) is 29.8. The highest BCUT2D eigenvalue weighted by Gasteiger charge is 2.55. The Morgan fingerprint density at radius 2 is 1.05 bits per heavy atom. The van der Waals surface area contributed by atoms with E-state index >= 15 is 0 Å². The van der Waals surface area contributed by atoms with E-state index in [0.717, 1.165) is 14.2 Å². The van der Waals surface area contributed by atoms with Crippen LogP contribution in [0.1, 0.15) is 0 Å². The maximum absolute atomic E-state index is 11.9. The summed E-state index contributed by atoms with van der Waals surface area (Å²) >= 11 is 0. The number of aldehydes is 2. The molecule has 0 radical (unpaired) electrons. The molecule has 3 aliphatic rings. The summed E-state index contributed by atoms with van der Waals surface area (Å²) in [5.74, 6) is -1.73. The van der Waals surface area contributed by atoms with Crippen molar-refractivity contribution in [2.75, 3.05) is 14.2 Å². The lowest BCUT2D eigenvalue weighted by Crippen LogP contribution is -2.67. The van der Waals surface area contributed by atoms with E-state index in [1.165, 1.54) is 0 Å². The molecule has 0 bridgehead atoms. The van der Waals surface area contributed by atoms with Crippen molar-refractivity contribution in [2.45, 2.75) is 92.1 Å². The molecule has 0 aromatic heterocycles. The van der Waals surface area contributed by atoms with E-state index < -0.39 is 98.1 Å². The second-order valence-corrected chi connectivity index (χ2v) is 8.55. The maximum Gasteiger partial charge on any atom is 0.335 e. The molecule has 17 heteroatoms. The first-order chi connectivity index (χ1) is 17.5. The zero-order valence-corrected chi connectivity index (χ0v) is 19.5. The molecule has 5 unspecified atom stereocenters. The lowest BCUT2D eigenvalue weighted by atomic mass is 9.96. The van der Waals surface area contributed by atoms with Crippen LogP contribution < -0.4 is 0 Å². The average molecular weight is 542 g/mol. The monoisotopic (exact) mass is 542 g/mol. The van der Waals surface area contributed by atoms with Crippen molar-refractivity contribution in [3.63, 3.8) is 0 Å². The van der Waals surface area contributed by atoms with Gasteiger partial charge in [0.2, 0.25) is 0 Å². The number of rotatable bonds is 9. The third-order valence-corrected chi connectivity index (χ3v) is 6.30. The predicted molar refractivity (Wildman–Crippen MR) is 109 cm³/mol. The molecule has 37 heavy (non-hydrogen) atoms. The summed E-state index contributed by atoms with van der Waals surface area (Å²) in [4.78, 5) is 34.7. The Labute approximate surface area is 208 Å². The first-order valence-electron chi connectivity index (χ1n) is 11.0. The SMILES string of the molecule is CO[C@@H]1O[C@@H](C=O)C(OC2OC(C(=O)O)C(OC3O[C@@H](C=O)[C@H](OC)[C@@H](O)[C@@H]3O)[C@H](O)[C@H]2O)[C@@H](O)[C@@H]1O. The van der Waals surface area contributed by atoms with Gasteiger partial charge in [-0.2, -0.15) is 0 Å². The van der Waals surface area contributed by atoms with Gasteiger partial charge in [0, 0.05) is 14.2 Å². The van der Waals surface area contributed by atoms with Gasteiger partial charge in [-0.15, -0.1) is 0 Å². The number of carboxylic acid groups (broad SMARTS) is 1. The highest BCUT2D eigenvalue weighted by molar-refractivity contribution is 5.73. The van der Waals surface area contributed by atoms with Crippen LogP contribution >= 0.6 is 0 Å². The molecule has 0 amide bonds. The Bertz CT molecular complexity index is 797. The molecule has 0 spiro atoms. The summed E-state index contributed by atoms with van der Waals surface area (Å²) in [6, 6.07) is 0. The van der Waals surface area contributed by atoms with Gasteiger partial charge < -0.3 is 78.5 Å². The van der Waals surface area contributed by atoms with Crippen LogP contribution in [0, 0.1) is 0 Å². The number of aliphatic hydroxyl groups is 6. The van der Waals surface area contributed by atoms with Crippen molar-refractivity contribution in [3.8, 4) is 0 Å². The van der Waals surface area contributed by atoms with E-state index in [1.54, 1.807) is 0 Å². The Balaban J connectivity index is 1.78. The van der Waals surface area contributed by atoms with E-state index in [4.69, 9.17) is 33.2 Å². The number of hydrogen-bond donors (Lipinski definition) is 7. The van der Waals surface area contributed by atoms with Crippen LogP contribution in [-0.4, -0.2) is 161 Å². The van der Waals surface area contributed by atoms with Crippen molar-refractivity contribution < 1.29 is 83.3 Å². The summed E-state index contributed by atoms with van der Waals surface area (Å²) in [6.07, 6.45) is -26.0. The zero-order chi connectivity index (χ0) is 27.6. The third kappa shape index (κ3) is 5.83. The number of carboxylic acids is 1. The largest absolute Gasteiger partial charge is 0.479 e. The van der Waals surface area contributed by atoms with E-state index in [1.807, 2.05) is 0 Å². The van der Waals surface area contributed by atoms with Crippen molar-refractivity contribution in [1.82, 2.24) is 0 Å². The van der Waals surface area contributed by atoms with Crippen LogP contribution in [0.4, 0.5) is 0 Å². The number of aliphatic hydroxyl groups excluding tert-OH is 6. The molecule has 3 saturated heterocycles. The zero-order valence-electron chi connectivity index (χ0n) is 19.5. The number of carbonyl (C=O) groups excluding carboxylic acids is 2. The smallest absolute Gasteiger partial charge is 0.335 e. The molecule has 0 aliphatic carbocycles. The Kier molecular flexibility index (Phi) is 10.0. The summed E-state index contributed by atoms with van der Waals surface area (Å²) in [5.41, 5.74) is 0. The van der Waals surface area contributed by atoms with Gasteiger partial charge in [-0.05, 0) is 0 Å². The number of aliphatic carboxylic acids is 1. The fraction of sp³-hybridized carbons (Fsp3) is 0.850. The molecule has 3 heterocycles. The molecule has 3 fully saturated rings. The highest BCUT2D eigenvalue weighted by Crippen LogP contribution is 2.32. The molecule has 17 nitrogen and oxygen atoms in total. The van der Waals surface area contributed by atoms with Gasteiger partial charge >= 0.3 is 5.97 Å². The molecular formula is C20H30O17. The van der Waals surface area contributed by atoms with Crippen LogP contribution in [0.2, 0.25) is 0 Å². The van der Waals surface area contributed by atoms with Gasteiger partial charge in [-0.3, -0.25) is 0 Å². The molecule has 0 aromatic carbocycles. The molecule has 3 rings (SSSR count). The molecule has 0 saturated carbocycles. The van der Waals surface area contributed by atoms with Crippen LogP contribution in [0.5, 0.6) is 0 Å². The third-order valence-electron chi connectivity index (χ3n) is 6.30. The van der Waals surface area contributed by atoms with Crippen LogP contribution in [0.3, 0.4) is 0 Å². The number of ether oxygens (including phenoxy) is 7. The van der Waals surface area contributed by atoms with Gasteiger partial charge in [0.1, 0.15) is 67.1 Å². The fourth-order valence-electron chi connectivity index (χ4n) is 4.29. The maximum atomic E-state index is 11.9. The van der Waals surface area contributed by atoms with Crippen molar-refractivity contribution in [2.24, 2.45) is 0 Å². The standard InChI is InChI=1S/C20H30O17/c1-31-13-5(3-21)34-19(11(27)7(13)23)36-15-9(25)12(28)20(37-16(15)17(29)30)35-14-6(4-22)33-18(32-2)10(26)8(14)24/h3-16,18-20,23-28H,1-2H3,(H,29,30)/t5-,6-,7-,8-,9+,10-,11-,12+,13-,14?,15?,16?,18+,19?,20?/m0/s1. The minimum atomic E-state index is -2.10. The van der Waals surface area contributed by atoms with Crippen LogP contribution in [0.25, 0.3) is 0 Å². The van der Waals surface area contributed by atoms with Gasteiger partial charge in [-0.1, -0.05) is 0 Å². The van der Waals surface area contributed by atoms with Crippen molar-refractivity contribution >= 4 is 18.5 Å². The quantitative estimate of drug-likeness (QED) is 0.134. The lowest BCUT2D eigenvalue weighted by Gasteiger charge is -2.47. The Hall–Kier alpha value is -1.71. The minimum absolute atomic E-state index is 0.210. The molecule has 212 valence electrons. The number of methoxy groups -OCH3 is 2. The van der Waals surface area contributed by atoms with Crippen molar-refractivity contribution in [1.29, 1.82) is 0 Å². The van der Waals surface area contributed by atoms with Gasteiger partial charge in [0.15, 0.2) is 37.5 Å². The fourth-order valence-corrected chi connectivity index (χ4v) is 4.29. The van der Waals surface area contributed by atoms with Crippen LogP contribution in [-0.2, 0) is 47.5 Å². The lowest BCUT2D eigenvalue weighted by molar-refractivity contribution is -0.367. The normalized spacial score (nSPS) is 48.8. The van der Waals surface area contributed by atoms with E-state index in [-0.39, 0.29) is 12.6 Å². The Morgan fingerprint density at radius 3 is 1.57 bits per heavy atom. The summed E-state index contributed by atoms with van der Waals surface area (Å²) < 4.78 is 36.1. The highest BCUT2D eigenvalue weighted by atomic mass is 16.8. The Morgan fingerprint density at radius 1 is 0.622 bits per heavy atom. The van der Waals surface area contributed by atoms with E-state index in [0.29, 0.717) is 0 Å². The number of carbonyl (C=O) groups is 3. The number of hydrogen-bond acceptors (Lipinski definition) is 16. The topological polar surface area (TPSA) is 257 Å². The van der Waals surface area contributed by atoms with Crippen molar-refractivity contribution in [3.05, 3.63) is 0 Å². The molecule has 0 aromatic rings. The summed E-state index contributed by atoms with van der Waals surface area (Å²) in [7, 11) is 2.29. The first-order valence-corrected chi connectivity index (χ1v) is 11.0. The average Bonchev–Trinajstić information content (AvgIpc) is 2.88. The molecule has 7 N–H and O–H groups in total. The summed E-state index contributed by atoms with van der Waals surface area (Å²) in [6.45, 7) is 0. The van der Waals surface area contributed by atoms with Crippen LogP contribution in [0.15, 0.2) is 0 Å². The summed E-state index contributed by atoms with van der Waals surface area (Å²) in [5, 5.41) is 71.9. The van der Waals surface area contributed by atoms with E-state index in [2.05, 4.69) is 0 Å². The van der Waals surface area contributed by atoms with Gasteiger partial charge in [0.25, 0.3) is 0 Å². The molecule has 3 aliphatic heterocycles. The second-order valence-electron chi connectivity index (χ2n) is 8.55.